The van der Waals surface area contributed by atoms with Crippen molar-refractivity contribution in [2.45, 2.75) is 57.8 Å². The smallest absolute Gasteiger partial charge is 0.319 e. The van der Waals surface area contributed by atoms with E-state index in [2.05, 4.69) is 0 Å². The van der Waals surface area contributed by atoms with E-state index in [1.807, 2.05) is 0 Å². The van der Waals surface area contributed by atoms with Gasteiger partial charge < -0.3 is 9.84 Å². The summed E-state index contributed by atoms with van der Waals surface area (Å²) in [4.78, 5) is 36.7. The summed E-state index contributed by atoms with van der Waals surface area (Å²) in [5.74, 6) is -2.74. The van der Waals surface area contributed by atoms with Crippen LogP contribution in [0, 0.1) is 17.3 Å². The molecule has 2 rings (SSSR count). The van der Waals surface area contributed by atoms with Crippen molar-refractivity contribution >= 4 is 17.7 Å². The fourth-order valence-electron chi connectivity index (χ4n) is 4.00. The maximum Gasteiger partial charge on any atom is 0.319 e. The highest BCUT2D eigenvalue weighted by molar-refractivity contribution is 6.06. The van der Waals surface area contributed by atoms with E-state index >= 15 is 0 Å². The molecule has 2 saturated carbocycles. The molecule has 0 heterocycles. The molecule has 0 aliphatic heterocycles. The summed E-state index contributed by atoms with van der Waals surface area (Å²) in [5, 5.41) is 9.37. The highest BCUT2D eigenvalue weighted by Crippen LogP contribution is 2.44. The van der Waals surface area contributed by atoms with Gasteiger partial charge in [-0.25, -0.2) is 0 Å². The molecular weight excluding hydrogens is 272 g/mol. The molecule has 0 radical (unpaired) electrons. The van der Waals surface area contributed by atoms with Crippen LogP contribution in [-0.4, -0.2) is 29.9 Å². The second-order valence-electron chi connectivity index (χ2n) is 6.33. The SMILES string of the molecule is COC(=O)C1(C(=O)C2CCCCC2C(=O)O)CCCCC1. The number of hydrogen-bond donors (Lipinski definition) is 1. The standard InChI is InChI=1S/C16H24O5/c1-21-15(20)16(9-5-2-6-10-16)13(17)11-7-3-4-8-12(11)14(18)19/h11-12H,2-10H2,1H3,(H,18,19). The van der Waals surface area contributed by atoms with Crippen LogP contribution in [0.2, 0.25) is 0 Å². The Balaban J connectivity index is 2.28. The predicted octanol–water partition coefficient (Wildman–Crippen LogP) is 2.57. The zero-order valence-electron chi connectivity index (χ0n) is 12.6. The van der Waals surface area contributed by atoms with E-state index in [1.165, 1.54) is 7.11 Å². The van der Waals surface area contributed by atoms with E-state index < -0.39 is 29.2 Å². The Kier molecular flexibility index (Phi) is 5.01. The number of methoxy groups -OCH3 is 1. The topological polar surface area (TPSA) is 80.7 Å². The van der Waals surface area contributed by atoms with Crippen LogP contribution in [0.3, 0.4) is 0 Å². The lowest BCUT2D eigenvalue weighted by Crippen LogP contribution is -2.48. The number of carboxylic acids is 1. The summed E-state index contributed by atoms with van der Waals surface area (Å²) in [7, 11) is 1.31. The van der Waals surface area contributed by atoms with E-state index in [0.717, 1.165) is 32.1 Å². The van der Waals surface area contributed by atoms with Gasteiger partial charge in [-0.1, -0.05) is 32.1 Å². The quantitative estimate of drug-likeness (QED) is 0.637. The second-order valence-corrected chi connectivity index (χ2v) is 6.33. The third-order valence-corrected chi connectivity index (χ3v) is 5.17. The first-order valence-electron chi connectivity index (χ1n) is 7.88. The van der Waals surface area contributed by atoms with Gasteiger partial charge in [0.15, 0.2) is 5.78 Å². The van der Waals surface area contributed by atoms with Gasteiger partial charge >= 0.3 is 11.9 Å². The largest absolute Gasteiger partial charge is 0.481 e. The molecule has 118 valence electrons. The normalized spacial score (nSPS) is 28.6. The van der Waals surface area contributed by atoms with Crippen LogP contribution in [-0.2, 0) is 19.1 Å². The van der Waals surface area contributed by atoms with Gasteiger partial charge in [-0.2, -0.15) is 0 Å². The average molecular weight is 296 g/mol. The summed E-state index contributed by atoms with van der Waals surface area (Å²) in [6.45, 7) is 0. The number of ether oxygens (including phenoxy) is 1. The predicted molar refractivity (Wildman–Crippen MR) is 75.6 cm³/mol. The number of carbonyl (C=O) groups is 3. The number of aliphatic carboxylic acids is 1. The number of Topliss-reactive ketones (excluding diaryl/α,β-unsaturated/α-hetero) is 1. The van der Waals surface area contributed by atoms with Gasteiger partial charge in [0.25, 0.3) is 0 Å². The van der Waals surface area contributed by atoms with Crippen LogP contribution in [0.5, 0.6) is 0 Å². The maximum atomic E-state index is 13.0. The van der Waals surface area contributed by atoms with Gasteiger partial charge in [-0.3, -0.25) is 14.4 Å². The Hall–Kier alpha value is -1.39. The number of esters is 1. The van der Waals surface area contributed by atoms with Crippen LogP contribution in [0.4, 0.5) is 0 Å². The first-order chi connectivity index (χ1) is 10.0. The lowest BCUT2D eigenvalue weighted by atomic mass is 9.63. The lowest BCUT2D eigenvalue weighted by Gasteiger charge is -2.38. The first kappa shape index (κ1) is 16.0. The van der Waals surface area contributed by atoms with Crippen molar-refractivity contribution in [3.8, 4) is 0 Å². The second kappa shape index (κ2) is 6.58. The minimum absolute atomic E-state index is 0.179. The third-order valence-electron chi connectivity index (χ3n) is 5.17. The van der Waals surface area contributed by atoms with Crippen molar-refractivity contribution < 1.29 is 24.2 Å². The number of carboxylic acid groups (broad SMARTS) is 1. The van der Waals surface area contributed by atoms with Gasteiger partial charge in [0.05, 0.1) is 13.0 Å². The summed E-state index contributed by atoms with van der Waals surface area (Å²) >= 11 is 0. The zero-order chi connectivity index (χ0) is 15.5. The Labute approximate surface area is 125 Å². The van der Waals surface area contributed by atoms with Crippen LogP contribution in [0.25, 0.3) is 0 Å². The molecule has 0 amide bonds. The molecule has 2 aliphatic carbocycles. The van der Waals surface area contributed by atoms with Crippen LogP contribution in [0.15, 0.2) is 0 Å². The van der Waals surface area contributed by atoms with Gasteiger partial charge in [0.2, 0.25) is 0 Å². The molecular formula is C16H24O5. The lowest BCUT2D eigenvalue weighted by molar-refractivity contribution is -0.165. The molecule has 21 heavy (non-hydrogen) atoms. The van der Waals surface area contributed by atoms with Crippen molar-refractivity contribution in [1.29, 1.82) is 0 Å². The average Bonchev–Trinajstić information content (AvgIpc) is 2.53. The van der Waals surface area contributed by atoms with Crippen molar-refractivity contribution in [3.05, 3.63) is 0 Å². The minimum Gasteiger partial charge on any atom is -0.481 e. The van der Waals surface area contributed by atoms with Crippen molar-refractivity contribution in [3.63, 3.8) is 0 Å². The summed E-state index contributed by atoms with van der Waals surface area (Å²) < 4.78 is 4.89. The van der Waals surface area contributed by atoms with Crippen LogP contribution >= 0.6 is 0 Å². The first-order valence-corrected chi connectivity index (χ1v) is 7.88. The van der Waals surface area contributed by atoms with E-state index in [4.69, 9.17) is 4.74 Å². The molecule has 2 aliphatic rings. The molecule has 0 aromatic carbocycles. The van der Waals surface area contributed by atoms with Crippen LogP contribution < -0.4 is 0 Å². The van der Waals surface area contributed by atoms with Crippen molar-refractivity contribution in [2.75, 3.05) is 7.11 Å². The maximum absolute atomic E-state index is 13.0. The molecule has 0 spiro atoms. The Morgan fingerprint density at radius 2 is 1.52 bits per heavy atom. The van der Waals surface area contributed by atoms with Crippen LogP contribution in [0.1, 0.15) is 57.8 Å². The molecule has 5 heteroatoms. The van der Waals surface area contributed by atoms with Gasteiger partial charge in [0.1, 0.15) is 5.41 Å². The monoisotopic (exact) mass is 296 g/mol. The molecule has 0 aromatic heterocycles. The van der Waals surface area contributed by atoms with Gasteiger partial charge in [0, 0.05) is 5.92 Å². The Morgan fingerprint density at radius 1 is 0.952 bits per heavy atom. The van der Waals surface area contributed by atoms with Crippen molar-refractivity contribution in [1.82, 2.24) is 0 Å². The molecule has 2 unspecified atom stereocenters. The Morgan fingerprint density at radius 3 is 2.05 bits per heavy atom. The number of hydrogen-bond acceptors (Lipinski definition) is 4. The van der Waals surface area contributed by atoms with E-state index in [0.29, 0.717) is 25.7 Å². The molecule has 0 aromatic rings. The number of carbonyl (C=O) groups excluding carboxylic acids is 2. The zero-order valence-corrected chi connectivity index (χ0v) is 12.6. The van der Waals surface area contributed by atoms with E-state index in [1.54, 1.807) is 0 Å². The van der Waals surface area contributed by atoms with Gasteiger partial charge in [-0.05, 0) is 25.7 Å². The summed E-state index contributed by atoms with van der Waals surface area (Å²) in [6, 6.07) is 0. The molecule has 5 nitrogen and oxygen atoms in total. The number of ketones is 1. The molecule has 1 N–H and O–H groups in total. The minimum atomic E-state index is -1.09. The summed E-state index contributed by atoms with van der Waals surface area (Å²) in [6.07, 6.45) is 6.47. The fourth-order valence-corrected chi connectivity index (χ4v) is 4.00. The molecule has 0 saturated heterocycles. The van der Waals surface area contributed by atoms with E-state index in [9.17, 15) is 19.5 Å². The highest BCUT2D eigenvalue weighted by Gasteiger charge is 2.52. The molecule has 0 bridgehead atoms. The third kappa shape index (κ3) is 2.97. The van der Waals surface area contributed by atoms with Crippen molar-refractivity contribution in [2.24, 2.45) is 17.3 Å². The Bertz CT molecular complexity index is 422. The van der Waals surface area contributed by atoms with E-state index in [-0.39, 0.29) is 5.78 Å². The molecule has 2 fully saturated rings. The highest BCUT2D eigenvalue weighted by atomic mass is 16.5. The van der Waals surface area contributed by atoms with Gasteiger partial charge in [-0.15, -0.1) is 0 Å². The summed E-state index contributed by atoms with van der Waals surface area (Å²) in [5.41, 5.74) is -1.09. The fraction of sp³-hybridized carbons (Fsp3) is 0.812. The number of rotatable bonds is 4. The molecule has 2 atom stereocenters.